The molecule has 1 aliphatic heterocycles. The molecule has 0 aliphatic carbocycles. The monoisotopic (exact) mass is 396 g/mol. The number of benzene rings is 1. The van der Waals surface area contributed by atoms with Gasteiger partial charge in [0.05, 0.1) is 11.6 Å². The number of nitrogens with zero attached hydrogens (tertiary/aromatic N) is 1. The van der Waals surface area contributed by atoms with Gasteiger partial charge in [-0.3, -0.25) is 9.69 Å². The highest BCUT2D eigenvalue weighted by Crippen LogP contribution is 2.25. The summed E-state index contributed by atoms with van der Waals surface area (Å²) in [5, 5.41) is 11.3. The van der Waals surface area contributed by atoms with Gasteiger partial charge in [-0.25, -0.2) is 13.6 Å². The summed E-state index contributed by atoms with van der Waals surface area (Å²) < 4.78 is 27.7. The summed E-state index contributed by atoms with van der Waals surface area (Å²) in [5.41, 5.74) is 0.143. The van der Waals surface area contributed by atoms with Gasteiger partial charge in [-0.2, -0.15) is 0 Å². The predicted molar refractivity (Wildman–Crippen MR) is 79.0 cm³/mol. The minimum absolute atomic E-state index is 0.101. The van der Waals surface area contributed by atoms with Crippen LogP contribution in [-0.2, 0) is 11.3 Å². The largest absolute Gasteiger partial charge is 0.465 e. The minimum atomic E-state index is -1.39. The Morgan fingerprint density at radius 1 is 1.50 bits per heavy atom. The van der Waals surface area contributed by atoms with Gasteiger partial charge in [-0.1, -0.05) is 27.5 Å². The smallest absolute Gasteiger partial charge is 0.408 e. The van der Waals surface area contributed by atoms with Crippen molar-refractivity contribution in [2.24, 2.45) is 0 Å². The standard InChI is InChI=1S/C13H12BrClF2N2O3/c14-7-1-6(11(17)9(15)2-7)4-18-12(20)10-3-8(16)5-19(10)13(21)22/h1-2,8,10H,3-5H2,(H,18,20)(H,21,22). The van der Waals surface area contributed by atoms with Crippen molar-refractivity contribution >= 4 is 39.5 Å². The summed E-state index contributed by atoms with van der Waals surface area (Å²) in [7, 11) is 0. The molecule has 0 bridgehead atoms. The molecule has 2 amide bonds. The van der Waals surface area contributed by atoms with Crippen molar-refractivity contribution in [1.82, 2.24) is 10.2 Å². The van der Waals surface area contributed by atoms with Crippen LogP contribution in [0.5, 0.6) is 0 Å². The van der Waals surface area contributed by atoms with E-state index in [1.165, 1.54) is 12.1 Å². The maximum Gasteiger partial charge on any atom is 0.408 e. The zero-order valence-corrected chi connectivity index (χ0v) is 13.5. The maximum atomic E-state index is 13.8. The molecule has 5 nitrogen and oxygen atoms in total. The highest BCUT2D eigenvalue weighted by Gasteiger charge is 2.39. The molecule has 1 fully saturated rings. The molecule has 1 heterocycles. The molecule has 0 saturated carbocycles. The molecule has 2 unspecified atom stereocenters. The molecule has 120 valence electrons. The zero-order chi connectivity index (χ0) is 16.4. The van der Waals surface area contributed by atoms with Crippen LogP contribution in [0.3, 0.4) is 0 Å². The Hall–Kier alpha value is -1.41. The van der Waals surface area contributed by atoms with Crippen molar-refractivity contribution in [3.8, 4) is 0 Å². The Bertz CT molecular complexity index is 617. The lowest BCUT2D eigenvalue weighted by atomic mass is 10.1. The van der Waals surface area contributed by atoms with Crippen LogP contribution in [0.25, 0.3) is 0 Å². The first-order valence-corrected chi connectivity index (χ1v) is 7.51. The fourth-order valence-corrected chi connectivity index (χ4v) is 3.16. The van der Waals surface area contributed by atoms with Crippen LogP contribution in [0, 0.1) is 5.82 Å². The molecule has 2 rings (SSSR count). The van der Waals surface area contributed by atoms with Gasteiger partial charge in [0.25, 0.3) is 0 Å². The summed E-state index contributed by atoms with van der Waals surface area (Å²) >= 11 is 8.85. The van der Waals surface area contributed by atoms with Crippen LogP contribution < -0.4 is 5.32 Å². The highest BCUT2D eigenvalue weighted by molar-refractivity contribution is 9.10. The van der Waals surface area contributed by atoms with Crippen LogP contribution in [0.15, 0.2) is 16.6 Å². The van der Waals surface area contributed by atoms with Gasteiger partial charge in [0, 0.05) is 23.0 Å². The second kappa shape index (κ2) is 6.78. The molecule has 1 aromatic carbocycles. The molecule has 2 N–H and O–H groups in total. The van der Waals surface area contributed by atoms with Gasteiger partial charge >= 0.3 is 6.09 Å². The normalized spacial score (nSPS) is 21.0. The van der Waals surface area contributed by atoms with E-state index in [4.69, 9.17) is 16.7 Å². The van der Waals surface area contributed by atoms with Gasteiger partial charge in [-0.05, 0) is 12.1 Å². The van der Waals surface area contributed by atoms with E-state index < -0.39 is 30.0 Å². The summed E-state index contributed by atoms with van der Waals surface area (Å²) in [6.45, 7) is -0.519. The van der Waals surface area contributed by atoms with E-state index in [-0.39, 0.29) is 30.1 Å². The predicted octanol–water partition coefficient (Wildman–Crippen LogP) is 2.95. The van der Waals surface area contributed by atoms with Gasteiger partial charge in [0.15, 0.2) is 0 Å². The Morgan fingerprint density at radius 2 is 2.18 bits per heavy atom. The van der Waals surface area contributed by atoms with Crippen LogP contribution in [-0.4, -0.2) is 40.8 Å². The fourth-order valence-electron chi connectivity index (χ4n) is 2.28. The number of alkyl halides is 1. The van der Waals surface area contributed by atoms with Gasteiger partial charge < -0.3 is 10.4 Å². The summed E-state index contributed by atoms with van der Waals surface area (Å²) in [5.74, 6) is -1.34. The van der Waals surface area contributed by atoms with Crippen molar-refractivity contribution < 1.29 is 23.5 Å². The number of hydrogen-bond acceptors (Lipinski definition) is 2. The van der Waals surface area contributed by atoms with Crippen molar-refractivity contribution in [2.75, 3.05) is 6.54 Å². The Kier molecular flexibility index (Phi) is 5.23. The molecule has 0 spiro atoms. The van der Waals surface area contributed by atoms with E-state index in [1.54, 1.807) is 0 Å². The first-order valence-electron chi connectivity index (χ1n) is 6.34. The number of carbonyl (C=O) groups is 2. The molecule has 1 aromatic rings. The Balaban J connectivity index is 2.05. The Morgan fingerprint density at radius 3 is 2.82 bits per heavy atom. The van der Waals surface area contributed by atoms with Crippen molar-refractivity contribution in [1.29, 1.82) is 0 Å². The molecular formula is C13H12BrClF2N2O3. The number of hydrogen-bond donors (Lipinski definition) is 2. The topological polar surface area (TPSA) is 69.6 Å². The summed E-state index contributed by atoms with van der Waals surface area (Å²) in [6.07, 6.45) is -2.96. The zero-order valence-electron chi connectivity index (χ0n) is 11.2. The van der Waals surface area contributed by atoms with E-state index in [9.17, 15) is 18.4 Å². The number of nitrogens with one attached hydrogen (secondary N) is 1. The van der Waals surface area contributed by atoms with E-state index >= 15 is 0 Å². The molecule has 2 atom stereocenters. The number of carbonyl (C=O) groups excluding carboxylic acids is 1. The van der Waals surface area contributed by atoms with Crippen LogP contribution in [0.4, 0.5) is 13.6 Å². The first-order chi connectivity index (χ1) is 10.3. The SMILES string of the molecule is O=C(NCc1cc(Br)cc(Cl)c1F)C1CC(F)CN1C(=O)O. The van der Waals surface area contributed by atoms with Gasteiger partial charge in [0.2, 0.25) is 5.91 Å². The number of halogens is 4. The highest BCUT2D eigenvalue weighted by atomic mass is 79.9. The third-order valence-corrected chi connectivity index (χ3v) is 4.05. The van der Waals surface area contributed by atoms with E-state index in [0.29, 0.717) is 4.47 Å². The molecule has 0 aromatic heterocycles. The first kappa shape index (κ1) is 17.0. The molecular weight excluding hydrogens is 386 g/mol. The molecule has 1 aliphatic rings. The third-order valence-electron chi connectivity index (χ3n) is 3.32. The van der Waals surface area contributed by atoms with Gasteiger partial charge in [0.1, 0.15) is 18.0 Å². The molecule has 1 saturated heterocycles. The van der Waals surface area contributed by atoms with Crippen molar-refractivity contribution in [2.45, 2.75) is 25.2 Å². The van der Waals surface area contributed by atoms with E-state index in [0.717, 1.165) is 4.90 Å². The Labute approximate surface area is 138 Å². The van der Waals surface area contributed by atoms with Gasteiger partial charge in [-0.15, -0.1) is 0 Å². The van der Waals surface area contributed by atoms with Crippen LogP contribution in [0.2, 0.25) is 5.02 Å². The molecule has 0 radical (unpaired) electrons. The average Bonchev–Trinajstić information content (AvgIpc) is 2.83. The molecule has 9 heteroatoms. The van der Waals surface area contributed by atoms with Crippen molar-refractivity contribution in [3.05, 3.63) is 33.0 Å². The lowest BCUT2D eigenvalue weighted by Crippen LogP contribution is -2.45. The average molecular weight is 398 g/mol. The number of carboxylic acid groups (broad SMARTS) is 1. The second-order valence-corrected chi connectivity index (χ2v) is 6.19. The number of rotatable bonds is 3. The summed E-state index contributed by atoms with van der Waals surface area (Å²) in [6, 6.07) is 1.71. The quantitative estimate of drug-likeness (QED) is 0.771. The lowest BCUT2D eigenvalue weighted by molar-refractivity contribution is -0.125. The van der Waals surface area contributed by atoms with Crippen LogP contribution >= 0.6 is 27.5 Å². The lowest BCUT2D eigenvalue weighted by Gasteiger charge is -2.20. The minimum Gasteiger partial charge on any atom is -0.465 e. The van der Waals surface area contributed by atoms with Crippen LogP contribution in [0.1, 0.15) is 12.0 Å². The van der Waals surface area contributed by atoms with Crippen molar-refractivity contribution in [3.63, 3.8) is 0 Å². The number of amides is 2. The second-order valence-electron chi connectivity index (χ2n) is 4.86. The van der Waals surface area contributed by atoms with E-state index in [2.05, 4.69) is 21.2 Å². The summed E-state index contributed by atoms with van der Waals surface area (Å²) in [4.78, 5) is 23.7. The third kappa shape index (κ3) is 3.67. The fraction of sp³-hybridized carbons (Fsp3) is 0.385. The molecule has 22 heavy (non-hydrogen) atoms. The van der Waals surface area contributed by atoms with E-state index in [1.807, 2.05) is 0 Å². The number of likely N-dealkylation sites (tertiary alicyclic amines) is 1. The maximum absolute atomic E-state index is 13.8.